The first-order chi connectivity index (χ1) is 11.1. The van der Waals surface area contributed by atoms with Gasteiger partial charge in [0.2, 0.25) is 5.91 Å². The zero-order chi connectivity index (χ0) is 16.2. The van der Waals surface area contributed by atoms with Gasteiger partial charge in [-0.1, -0.05) is 12.1 Å². The molecule has 130 valence electrons. The van der Waals surface area contributed by atoms with Crippen LogP contribution in [0.25, 0.3) is 5.69 Å². The Bertz CT molecular complexity index is 640. The molecular formula is C18H25ClN4O. The van der Waals surface area contributed by atoms with E-state index < -0.39 is 0 Å². The number of hydrogen-bond acceptors (Lipinski definition) is 3. The molecule has 0 saturated carbocycles. The lowest BCUT2D eigenvalue weighted by Gasteiger charge is -2.34. The number of nitrogens with two attached hydrogens (primary N) is 1. The van der Waals surface area contributed by atoms with Crippen molar-refractivity contribution < 1.29 is 4.79 Å². The molecule has 5 nitrogen and oxygen atoms in total. The van der Waals surface area contributed by atoms with Crippen LogP contribution in [0.5, 0.6) is 0 Å². The molecule has 2 aromatic rings. The van der Waals surface area contributed by atoms with Crippen molar-refractivity contribution in [3.63, 3.8) is 0 Å². The molecule has 2 N–H and O–H groups in total. The molecule has 6 heteroatoms. The van der Waals surface area contributed by atoms with Gasteiger partial charge in [0.25, 0.3) is 0 Å². The molecule has 1 saturated heterocycles. The minimum atomic E-state index is 0. The van der Waals surface area contributed by atoms with Gasteiger partial charge in [0, 0.05) is 31.5 Å². The van der Waals surface area contributed by atoms with E-state index in [9.17, 15) is 4.79 Å². The zero-order valence-corrected chi connectivity index (χ0v) is 14.8. The Kier molecular flexibility index (Phi) is 6.40. The second-order valence-corrected chi connectivity index (χ2v) is 6.40. The number of carbonyl (C=O) groups is 1. The van der Waals surface area contributed by atoms with Crippen molar-refractivity contribution in [2.45, 2.75) is 32.2 Å². The fourth-order valence-electron chi connectivity index (χ4n) is 3.14. The smallest absolute Gasteiger partial charge is 0.226 e. The lowest BCUT2D eigenvalue weighted by Crippen LogP contribution is -2.45. The summed E-state index contributed by atoms with van der Waals surface area (Å²) in [5, 5.41) is 4.20. The Morgan fingerprint density at radius 1 is 1.38 bits per heavy atom. The predicted molar refractivity (Wildman–Crippen MR) is 97.5 cm³/mol. The molecule has 0 aliphatic carbocycles. The highest BCUT2D eigenvalue weighted by Crippen LogP contribution is 2.20. The van der Waals surface area contributed by atoms with E-state index in [0.717, 1.165) is 37.2 Å². The molecule has 1 aromatic carbocycles. The van der Waals surface area contributed by atoms with Gasteiger partial charge in [0.1, 0.15) is 0 Å². The summed E-state index contributed by atoms with van der Waals surface area (Å²) in [5.41, 5.74) is 8.04. The van der Waals surface area contributed by atoms with Crippen molar-refractivity contribution in [1.29, 1.82) is 0 Å². The number of hydrogen-bond donors (Lipinski definition) is 1. The Hall–Kier alpha value is -1.85. The normalized spacial score (nSPS) is 18.8. The highest BCUT2D eigenvalue weighted by molar-refractivity contribution is 5.85. The average Bonchev–Trinajstić information content (AvgIpc) is 3.10. The van der Waals surface area contributed by atoms with Crippen molar-refractivity contribution in [2.24, 2.45) is 11.7 Å². The first-order valence-electron chi connectivity index (χ1n) is 8.26. The van der Waals surface area contributed by atoms with Gasteiger partial charge in [0.05, 0.1) is 12.1 Å². The third-order valence-corrected chi connectivity index (χ3v) is 4.61. The van der Waals surface area contributed by atoms with Crippen LogP contribution in [0.3, 0.4) is 0 Å². The topological polar surface area (TPSA) is 64.2 Å². The SMILES string of the molecule is CC(N)C1CCCN(C(=O)Cc2ccc(-n3cccn3)cc2)C1.Cl. The first kappa shape index (κ1) is 18.5. The molecule has 24 heavy (non-hydrogen) atoms. The Morgan fingerprint density at radius 3 is 2.75 bits per heavy atom. The van der Waals surface area contributed by atoms with Crippen LogP contribution in [0.2, 0.25) is 0 Å². The Morgan fingerprint density at radius 2 is 2.12 bits per heavy atom. The van der Waals surface area contributed by atoms with E-state index >= 15 is 0 Å². The largest absolute Gasteiger partial charge is 0.342 e. The number of nitrogens with zero attached hydrogens (tertiary/aromatic N) is 3. The fourth-order valence-corrected chi connectivity index (χ4v) is 3.14. The minimum Gasteiger partial charge on any atom is -0.342 e. The zero-order valence-electron chi connectivity index (χ0n) is 14.0. The van der Waals surface area contributed by atoms with Crippen LogP contribution in [0.4, 0.5) is 0 Å². The maximum absolute atomic E-state index is 12.5. The molecule has 2 heterocycles. The van der Waals surface area contributed by atoms with E-state index in [1.54, 1.807) is 6.20 Å². The number of carbonyl (C=O) groups excluding carboxylic acids is 1. The van der Waals surface area contributed by atoms with Crippen LogP contribution in [-0.2, 0) is 11.2 Å². The standard InChI is InChI=1S/C18H24N4O.ClH/c1-14(19)16-4-2-10-21(13-16)18(23)12-15-5-7-17(8-6-15)22-11-3-9-20-22;/h3,5-9,11,14,16H,2,4,10,12-13,19H2,1H3;1H. The molecule has 3 rings (SSSR count). The quantitative estimate of drug-likeness (QED) is 0.922. The third-order valence-electron chi connectivity index (χ3n) is 4.61. The first-order valence-corrected chi connectivity index (χ1v) is 8.26. The van der Waals surface area contributed by atoms with Gasteiger partial charge in [-0.05, 0) is 49.4 Å². The lowest BCUT2D eigenvalue weighted by atomic mass is 9.92. The minimum absolute atomic E-state index is 0. The number of amides is 1. The van der Waals surface area contributed by atoms with Gasteiger partial charge in [-0.2, -0.15) is 5.10 Å². The van der Waals surface area contributed by atoms with Gasteiger partial charge < -0.3 is 10.6 Å². The number of likely N-dealkylation sites (tertiary alicyclic amines) is 1. The van der Waals surface area contributed by atoms with Gasteiger partial charge in [-0.25, -0.2) is 4.68 Å². The molecule has 2 unspecified atom stereocenters. The van der Waals surface area contributed by atoms with E-state index in [-0.39, 0.29) is 24.4 Å². The molecule has 0 bridgehead atoms. The van der Waals surface area contributed by atoms with Gasteiger partial charge >= 0.3 is 0 Å². The molecule has 1 aliphatic heterocycles. The monoisotopic (exact) mass is 348 g/mol. The van der Waals surface area contributed by atoms with Gasteiger partial charge in [-0.3, -0.25) is 4.79 Å². The molecule has 1 fully saturated rings. The Balaban J connectivity index is 0.00000208. The van der Waals surface area contributed by atoms with Crippen LogP contribution in [0.1, 0.15) is 25.3 Å². The molecule has 0 spiro atoms. The second kappa shape index (κ2) is 8.31. The van der Waals surface area contributed by atoms with Crippen molar-refractivity contribution in [2.75, 3.05) is 13.1 Å². The molecule has 0 radical (unpaired) electrons. The van der Waals surface area contributed by atoms with Crippen LogP contribution in [0.15, 0.2) is 42.7 Å². The lowest BCUT2D eigenvalue weighted by molar-refractivity contribution is -0.132. The number of benzene rings is 1. The Labute approximate surface area is 149 Å². The van der Waals surface area contributed by atoms with E-state index in [2.05, 4.69) is 5.10 Å². The molecule has 1 aliphatic rings. The van der Waals surface area contributed by atoms with Crippen molar-refractivity contribution in [3.05, 3.63) is 48.3 Å². The van der Waals surface area contributed by atoms with Gasteiger partial charge in [0.15, 0.2) is 0 Å². The molecule has 2 atom stereocenters. The summed E-state index contributed by atoms with van der Waals surface area (Å²) in [4.78, 5) is 14.5. The maximum atomic E-state index is 12.5. The number of halogens is 1. The number of piperidine rings is 1. The van der Waals surface area contributed by atoms with E-state index in [1.807, 2.05) is 53.0 Å². The van der Waals surface area contributed by atoms with Crippen molar-refractivity contribution in [3.8, 4) is 5.69 Å². The van der Waals surface area contributed by atoms with Crippen molar-refractivity contribution >= 4 is 18.3 Å². The van der Waals surface area contributed by atoms with E-state index in [4.69, 9.17) is 5.73 Å². The summed E-state index contributed by atoms with van der Waals surface area (Å²) in [6.45, 7) is 3.68. The highest BCUT2D eigenvalue weighted by atomic mass is 35.5. The second-order valence-electron chi connectivity index (χ2n) is 6.40. The van der Waals surface area contributed by atoms with Gasteiger partial charge in [-0.15, -0.1) is 12.4 Å². The average molecular weight is 349 g/mol. The predicted octanol–water partition coefficient (Wildman–Crippen LogP) is 2.42. The van der Waals surface area contributed by atoms with Crippen LogP contribution in [-0.4, -0.2) is 39.7 Å². The van der Waals surface area contributed by atoms with Crippen LogP contribution < -0.4 is 5.73 Å². The van der Waals surface area contributed by atoms with E-state index in [1.165, 1.54) is 0 Å². The maximum Gasteiger partial charge on any atom is 0.226 e. The van der Waals surface area contributed by atoms with E-state index in [0.29, 0.717) is 12.3 Å². The molecule has 1 amide bonds. The molecule has 1 aromatic heterocycles. The number of aromatic nitrogens is 2. The summed E-state index contributed by atoms with van der Waals surface area (Å²) in [5.74, 6) is 0.622. The summed E-state index contributed by atoms with van der Waals surface area (Å²) < 4.78 is 1.81. The van der Waals surface area contributed by atoms with Crippen LogP contribution >= 0.6 is 12.4 Å². The fraction of sp³-hybridized carbons (Fsp3) is 0.444. The number of rotatable bonds is 4. The third kappa shape index (κ3) is 4.36. The summed E-state index contributed by atoms with van der Waals surface area (Å²) in [7, 11) is 0. The van der Waals surface area contributed by atoms with Crippen molar-refractivity contribution in [1.82, 2.24) is 14.7 Å². The highest BCUT2D eigenvalue weighted by Gasteiger charge is 2.25. The summed E-state index contributed by atoms with van der Waals surface area (Å²) in [6, 6.07) is 10.0. The molecular weight excluding hydrogens is 324 g/mol. The summed E-state index contributed by atoms with van der Waals surface area (Å²) >= 11 is 0. The van der Waals surface area contributed by atoms with Crippen LogP contribution in [0, 0.1) is 5.92 Å². The summed E-state index contributed by atoms with van der Waals surface area (Å²) in [6.07, 6.45) is 6.28.